The second-order valence-corrected chi connectivity index (χ2v) is 14.0. The summed E-state index contributed by atoms with van der Waals surface area (Å²) in [4.78, 5) is 0. The summed E-state index contributed by atoms with van der Waals surface area (Å²) in [7, 11) is 0. The van der Waals surface area contributed by atoms with Crippen molar-refractivity contribution in [1.29, 1.82) is 0 Å². The third kappa shape index (κ3) is 16.1. The van der Waals surface area contributed by atoms with Crippen molar-refractivity contribution in [1.82, 2.24) is 0 Å². The van der Waals surface area contributed by atoms with Gasteiger partial charge in [-0.2, -0.15) is 0 Å². The van der Waals surface area contributed by atoms with Crippen LogP contribution in [0.25, 0.3) is 0 Å². The highest BCUT2D eigenvalue weighted by molar-refractivity contribution is 4.84. The Balaban J connectivity index is -0.0000000665. The molecule has 0 aliphatic heterocycles. The molecule has 0 aromatic rings. The van der Waals surface area contributed by atoms with E-state index in [2.05, 4.69) is 138 Å². The molecule has 0 nitrogen and oxygen atoms in total. The van der Waals surface area contributed by atoms with Gasteiger partial charge in [-0.25, -0.2) is 0 Å². The molecule has 0 unspecified atom stereocenters. The molecule has 0 radical (unpaired) electrons. The van der Waals surface area contributed by atoms with E-state index in [0.717, 1.165) is 59.2 Å². The van der Waals surface area contributed by atoms with Crippen LogP contribution >= 0.6 is 0 Å². The van der Waals surface area contributed by atoms with Crippen molar-refractivity contribution in [3.8, 4) is 0 Å². The van der Waals surface area contributed by atoms with Gasteiger partial charge in [0.15, 0.2) is 0 Å². The molecule has 0 aromatic carbocycles. The molecule has 0 saturated heterocycles. The van der Waals surface area contributed by atoms with Gasteiger partial charge in [-0.3, -0.25) is 0 Å². The van der Waals surface area contributed by atoms with Crippen LogP contribution in [0.3, 0.4) is 0 Å². The zero-order chi connectivity index (χ0) is 26.8. The second-order valence-electron chi connectivity index (χ2n) is 14.0. The smallest absolute Gasteiger partial charge is 0.0257 e. The van der Waals surface area contributed by atoms with Crippen molar-refractivity contribution < 1.29 is 0 Å². The molecule has 0 aromatic heterocycles. The SMILES string of the molecule is C.C.C.C.CC(C)C(C(C)C)C(C)C.CC(C)C(C)(C(C)C)C(C)C.CC(C)C(C)(C(C)C)C(C)C. The number of rotatable bonds is 9. The van der Waals surface area contributed by atoms with Gasteiger partial charge in [0.25, 0.3) is 0 Å². The van der Waals surface area contributed by atoms with Crippen molar-refractivity contribution in [3.05, 3.63) is 0 Å². The molecule has 0 rings (SSSR count). The minimum atomic E-state index is 0. The Hall–Kier alpha value is 0. The summed E-state index contributed by atoms with van der Waals surface area (Å²) in [5.74, 6) is 8.07. The van der Waals surface area contributed by atoms with Crippen LogP contribution in [0.5, 0.6) is 0 Å². The van der Waals surface area contributed by atoms with Gasteiger partial charge in [0.05, 0.1) is 0 Å². The molecule has 0 amide bonds. The van der Waals surface area contributed by atoms with Gasteiger partial charge in [0.1, 0.15) is 0 Å². The summed E-state index contributed by atoms with van der Waals surface area (Å²) < 4.78 is 0. The van der Waals surface area contributed by atoms with Gasteiger partial charge in [-0.05, 0) is 70.0 Å². The third-order valence-electron chi connectivity index (χ3n) is 9.77. The lowest BCUT2D eigenvalue weighted by Gasteiger charge is -2.41. The molecule has 0 atom stereocenters. The van der Waals surface area contributed by atoms with Crippen LogP contribution in [-0.4, -0.2) is 0 Å². The lowest BCUT2D eigenvalue weighted by molar-refractivity contribution is 0.0732. The monoisotopic (exact) mass is 519 g/mol. The van der Waals surface area contributed by atoms with Crippen LogP contribution in [0.15, 0.2) is 0 Å². The summed E-state index contributed by atoms with van der Waals surface area (Å²) in [6.45, 7) is 46.8. The first-order valence-electron chi connectivity index (χ1n) is 14.1. The molecular formula is C36H86. The maximum atomic E-state index is 2.41. The van der Waals surface area contributed by atoms with Gasteiger partial charge >= 0.3 is 0 Å². The molecule has 0 N–H and O–H groups in total. The predicted molar refractivity (Wildman–Crippen MR) is 180 cm³/mol. The largest absolute Gasteiger partial charge is 0.0776 e. The molecule has 0 heteroatoms. The molecule has 0 saturated carbocycles. The van der Waals surface area contributed by atoms with E-state index in [1.54, 1.807) is 0 Å². The van der Waals surface area contributed by atoms with Crippen molar-refractivity contribution >= 4 is 0 Å². The third-order valence-corrected chi connectivity index (χ3v) is 9.77. The predicted octanol–water partition coefficient (Wildman–Crippen LogP) is 14.0. The quantitative estimate of drug-likeness (QED) is 0.284. The first-order valence-corrected chi connectivity index (χ1v) is 14.1. The van der Waals surface area contributed by atoms with Gasteiger partial charge in [0.2, 0.25) is 0 Å². The fraction of sp³-hybridized carbons (Fsp3) is 1.00. The lowest BCUT2D eigenvalue weighted by atomic mass is 9.64. The summed E-state index contributed by atoms with van der Waals surface area (Å²) in [6, 6.07) is 0. The number of hydrogen-bond donors (Lipinski definition) is 0. The zero-order valence-corrected chi connectivity index (χ0v) is 26.8. The summed E-state index contributed by atoms with van der Waals surface area (Å²) in [6.07, 6.45) is 0. The van der Waals surface area contributed by atoms with Crippen LogP contribution in [0, 0.1) is 70.0 Å². The minimum Gasteiger partial charge on any atom is -0.0776 e. The molecule has 0 bridgehead atoms. The molecule has 0 aliphatic rings. The average molecular weight is 519 g/mol. The Bertz CT molecular complexity index is 338. The van der Waals surface area contributed by atoms with Gasteiger partial charge in [-0.1, -0.05) is 168 Å². The van der Waals surface area contributed by atoms with E-state index >= 15 is 0 Å². The Morgan fingerprint density at radius 1 is 0.278 bits per heavy atom. The molecule has 0 spiro atoms. The molecule has 36 heavy (non-hydrogen) atoms. The Morgan fingerprint density at radius 2 is 0.389 bits per heavy atom. The van der Waals surface area contributed by atoms with Gasteiger partial charge < -0.3 is 0 Å². The lowest BCUT2D eigenvalue weighted by Crippen LogP contribution is -2.34. The first-order chi connectivity index (χ1) is 14.1. The highest BCUT2D eigenvalue weighted by Gasteiger charge is 2.35. The van der Waals surface area contributed by atoms with E-state index in [1.807, 2.05) is 0 Å². The normalized spacial score (nSPS) is 11.8. The van der Waals surface area contributed by atoms with E-state index in [9.17, 15) is 0 Å². The van der Waals surface area contributed by atoms with E-state index < -0.39 is 0 Å². The van der Waals surface area contributed by atoms with Crippen molar-refractivity contribution in [2.24, 2.45) is 70.0 Å². The summed E-state index contributed by atoms with van der Waals surface area (Å²) in [5, 5.41) is 0. The van der Waals surface area contributed by atoms with E-state index in [4.69, 9.17) is 0 Å². The molecule has 0 fully saturated rings. The zero-order valence-electron chi connectivity index (χ0n) is 26.8. The average Bonchev–Trinajstić information content (AvgIpc) is 2.58. The maximum absolute atomic E-state index is 2.41. The fourth-order valence-corrected chi connectivity index (χ4v) is 6.31. The summed E-state index contributed by atoms with van der Waals surface area (Å²) >= 11 is 0. The highest BCUT2D eigenvalue weighted by atomic mass is 14.4. The highest BCUT2D eigenvalue weighted by Crippen LogP contribution is 2.42. The number of hydrogen-bond acceptors (Lipinski definition) is 0. The molecular weight excluding hydrogens is 432 g/mol. The topological polar surface area (TPSA) is 0 Å². The fourth-order valence-electron chi connectivity index (χ4n) is 6.31. The van der Waals surface area contributed by atoms with Crippen molar-refractivity contribution in [2.45, 2.75) is 168 Å². The van der Waals surface area contributed by atoms with Crippen LogP contribution < -0.4 is 0 Å². The second kappa shape index (κ2) is 22.9. The van der Waals surface area contributed by atoms with Crippen LogP contribution in [-0.2, 0) is 0 Å². The Kier molecular flexibility index (Phi) is 33.4. The van der Waals surface area contributed by atoms with Crippen LogP contribution in [0.4, 0.5) is 0 Å². The van der Waals surface area contributed by atoms with Crippen molar-refractivity contribution in [2.75, 3.05) is 0 Å². The first kappa shape index (κ1) is 52.4. The Morgan fingerprint density at radius 3 is 0.389 bits per heavy atom. The molecule has 230 valence electrons. The van der Waals surface area contributed by atoms with Crippen molar-refractivity contribution in [3.63, 3.8) is 0 Å². The molecule has 0 aliphatic carbocycles. The summed E-state index contributed by atoms with van der Waals surface area (Å²) in [5.41, 5.74) is 1.00. The molecule has 0 heterocycles. The van der Waals surface area contributed by atoms with E-state index in [-0.39, 0.29) is 29.7 Å². The van der Waals surface area contributed by atoms with Crippen LogP contribution in [0.1, 0.15) is 168 Å². The minimum absolute atomic E-state index is 0. The standard InChI is InChI=1S/2C11H24.C10H22.4CH4/c2*1-8(2)11(7,9(3)4)10(5)6;1-7(2)10(8(3)4)9(5)6;;;;/h2*8-10H,1-7H3;7-10H,1-6H3;4*1H4. The van der Waals surface area contributed by atoms with Crippen LogP contribution in [0.2, 0.25) is 0 Å². The maximum Gasteiger partial charge on any atom is -0.0257 e. The van der Waals surface area contributed by atoms with E-state index in [1.165, 1.54) is 0 Å². The van der Waals surface area contributed by atoms with E-state index in [0.29, 0.717) is 10.8 Å². The Labute approximate surface area is 238 Å². The van der Waals surface area contributed by atoms with Gasteiger partial charge in [-0.15, -0.1) is 0 Å². The van der Waals surface area contributed by atoms with Gasteiger partial charge in [0, 0.05) is 0 Å².